The van der Waals surface area contributed by atoms with Gasteiger partial charge in [-0.3, -0.25) is 5.10 Å². The van der Waals surface area contributed by atoms with Crippen LogP contribution in [-0.4, -0.2) is 23.9 Å². The van der Waals surface area contributed by atoms with Crippen LogP contribution < -0.4 is 10.5 Å². The number of aromatic nitrogens is 2. The average molecular weight is 217 g/mol. The normalized spacial score (nSPS) is 10.4. The van der Waals surface area contributed by atoms with Crippen LogP contribution in [0.5, 0.6) is 5.75 Å². The lowest BCUT2D eigenvalue weighted by Crippen LogP contribution is -2.03. The monoisotopic (exact) mass is 217 g/mol. The maximum absolute atomic E-state index is 5.55. The van der Waals surface area contributed by atoms with E-state index in [0.717, 1.165) is 29.0 Å². The minimum absolute atomic E-state index is 0.610. The minimum atomic E-state index is 0.610. The summed E-state index contributed by atoms with van der Waals surface area (Å²) in [7, 11) is 1.66. The molecular weight excluding hydrogens is 202 g/mol. The molecule has 16 heavy (non-hydrogen) atoms. The molecule has 0 bridgehead atoms. The van der Waals surface area contributed by atoms with Crippen LogP contribution in [0.25, 0.3) is 11.1 Å². The van der Waals surface area contributed by atoms with E-state index in [-0.39, 0.29) is 0 Å². The number of methoxy groups -OCH3 is 1. The fraction of sp³-hybridized carbons (Fsp3) is 0.250. The Morgan fingerprint density at radius 1 is 1.44 bits per heavy atom. The molecule has 0 radical (unpaired) electrons. The van der Waals surface area contributed by atoms with E-state index in [9.17, 15) is 0 Å². The Morgan fingerprint density at radius 2 is 2.31 bits per heavy atom. The van der Waals surface area contributed by atoms with Gasteiger partial charge in [-0.2, -0.15) is 5.10 Å². The van der Waals surface area contributed by atoms with Crippen LogP contribution in [0, 0.1) is 0 Å². The molecule has 0 fully saturated rings. The van der Waals surface area contributed by atoms with E-state index in [1.807, 2.05) is 30.5 Å². The Kier molecular flexibility index (Phi) is 3.22. The van der Waals surface area contributed by atoms with Crippen molar-refractivity contribution in [2.75, 3.05) is 13.7 Å². The van der Waals surface area contributed by atoms with Crippen LogP contribution in [0.4, 0.5) is 0 Å². The molecule has 0 aliphatic rings. The summed E-state index contributed by atoms with van der Waals surface area (Å²) in [6.07, 6.45) is 2.62. The molecule has 84 valence electrons. The Morgan fingerprint density at radius 3 is 3.06 bits per heavy atom. The first kappa shape index (κ1) is 10.7. The van der Waals surface area contributed by atoms with Gasteiger partial charge in [0.15, 0.2) is 0 Å². The highest BCUT2D eigenvalue weighted by Gasteiger charge is 2.07. The predicted octanol–water partition coefficient (Wildman–Crippen LogP) is 1.59. The molecule has 2 rings (SSSR count). The van der Waals surface area contributed by atoms with Crippen molar-refractivity contribution in [3.05, 3.63) is 36.2 Å². The molecule has 1 heterocycles. The van der Waals surface area contributed by atoms with Gasteiger partial charge in [-0.15, -0.1) is 0 Å². The van der Waals surface area contributed by atoms with Crippen molar-refractivity contribution in [3.63, 3.8) is 0 Å². The molecule has 4 nitrogen and oxygen atoms in total. The maximum Gasteiger partial charge on any atom is 0.119 e. The summed E-state index contributed by atoms with van der Waals surface area (Å²) < 4.78 is 5.20. The minimum Gasteiger partial charge on any atom is -0.497 e. The van der Waals surface area contributed by atoms with Gasteiger partial charge in [0.1, 0.15) is 5.75 Å². The van der Waals surface area contributed by atoms with Crippen LogP contribution in [-0.2, 0) is 6.42 Å². The van der Waals surface area contributed by atoms with Crippen molar-refractivity contribution >= 4 is 0 Å². The van der Waals surface area contributed by atoms with E-state index in [1.54, 1.807) is 7.11 Å². The molecule has 0 aliphatic carbocycles. The van der Waals surface area contributed by atoms with Crippen molar-refractivity contribution in [2.24, 2.45) is 5.73 Å². The molecule has 1 aromatic carbocycles. The van der Waals surface area contributed by atoms with Crippen molar-refractivity contribution in [1.82, 2.24) is 10.2 Å². The van der Waals surface area contributed by atoms with Crippen molar-refractivity contribution in [3.8, 4) is 16.9 Å². The van der Waals surface area contributed by atoms with Crippen LogP contribution in [0.1, 0.15) is 5.69 Å². The van der Waals surface area contributed by atoms with E-state index < -0.39 is 0 Å². The van der Waals surface area contributed by atoms with Crippen LogP contribution in [0.15, 0.2) is 30.5 Å². The van der Waals surface area contributed by atoms with E-state index in [1.165, 1.54) is 0 Å². The third kappa shape index (κ3) is 2.06. The van der Waals surface area contributed by atoms with Crippen LogP contribution in [0.3, 0.4) is 0 Å². The van der Waals surface area contributed by atoms with Crippen LogP contribution in [0.2, 0.25) is 0 Å². The first-order valence-electron chi connectivity index (χ1n) is 5.22. The number of nitrogens with one attached hydrogen (secondary N) is 1. The number of aromatic amines is 1. The van der Waals surface area contributed by atoms with Crippen molar-refractivity contribution < 1.29 is 4.74 Å². The summed E-state index contributed by atoms with van der Waals surface area (Å²) in [5, 5.41) is 7.02. The number of ether oxygens (including phenoxy) is 1. The highest BCUT2D eigenvalue weighted by molar-refractivity contribution is 5.66. The molecule has 0 saturated heterocycles. The second-order valence-electron chi connectivity index (χ2n) is 3.53. The quantitative estimate of drug-likeness (QED) is 0.817. The van der Waals surface area contributed by atoms with Gasteiger partial charge >= 0.3 is 0 Å². The third-order valence-corrected chi connectivity index (χ3v) is 2.49. The summed E-state index contributed by atoms with van der Waals surface area (Å²) in [4.78, 5) is 0. The van der Waals surface area contributed by atoms with E-state index >= 15 is 0 Å². The fourth-order valence-electron chi connectivity index (χ4n) is 1.69. The van der Waals surface area contributed by atoms with Gasteiger partial charge in [0.05, 0.1) is 13.3 Å². The number of nitrogens with two attached hydrogens (primary N) is 1. The van der Waals surface area contributed by atoms with Crippen molar-refractivity contribution in [2.45, 2.75) is 6.42 Å². The Labute approximate surface area is 94.4 Å². The average Bonchev–Trinajstić information content (AvgIpc) is 2.78. The van der Waals surface area contributed by atoms with Gasteiger partial charge < -0.3 is 10.5 Å². The van der Waals surface area contributed by atoms with E-state index in [2.05, 4.69) is 10.2 Å². The summed E-state index contributed by atoms with van der Waals surface area (Å²) in [5.41, 5.74) is 8.80. The number of H-pyrrole nitrogens is 1. The second kappa shape index (κ2) is 4.81. The molecule has 0 spiro atoms. The first-order valence-corrected chi connectivity index (χ1v) is 5.22. The van der Waals surface area contributed by atoms with Gasteiger partial charge in [0.2, 0.25) is 0 Å². The topological polar surface area (TPSA) is 63.9 Å². The molecule has 3 N–H and O–H groups in total. The zero-order chi connectivity index (χ0) is 11.4. The predicted molar refractivity (Wildman–Crippen MR) is 63.3 cm³/mol. The number of hydrogen-bond acceptors (Lipinski definition) is 3. The molecule has 4 heteroatoms. The Hall–Kier alpha value is -1.81. The first-order chi connectivity index (χ1) is 7.85. The largest absolute Gasteiger partial charge is 0.497 e. The summed E-state index contributed by atoms with van der Waals surface area (Å²) in [6, 6.07) is 7.91. The Bertz CT molecular complexity index is 465. The number of benzene rings is 1. The lowest BCUT2D eigenvalue weighted by molar-refractivity contribution is 0.415. The SMILES string of the molecule is COc1cccc(-c2cn[nH]c2CCN)c1. The van der Waals surface area contributed by atoms with Gasteiger partial charge in [-0.25, -0.2) is 0 Å². The van der Waals surface area contributed by atoms with E-state index in [0.29, 0.717) is 6.54 Å². The number of hydrogen-bond donors (Lipinski definition) is 2. The molecule has 0 amide bonds. The molecule has 1 aromatic heterocycles. The summed E-state index contributed by atoms with van der Waals surface area (Å²) >= 11 is 0. The Balaban J connectivity index is 2.37. The fourth-order valence-corrected chi connectivity index (χ4v) is 1.69. The van der Waals surface area contributed by atoms with Gasteiger partial charge in [-0.1, -0.05) is 12.1 Å². The zero-order valence-electron chi connectivity index (χ0n) is 9.23. The molecule has 0 atom stereocenters. The lowest BCUT2D eigenvalue weighted by atomic mass is 10.0. The number of nitrogens with zero attached hydrogens (tertiary/aromatic N) is 1. The molecule has 0 saturated carbocycles. The van der Waals surface area contributed by atoms with Gasteiger partial charge in [-0.05, 0) is 24.2 Å². The van der Waals surface area contributed by atoms with Crippen LogP contribution >= 0.6 is 0 Å². The van der Waals surface area contributed by atoms with Gasteiger partial charge in [0.25, 0.3) is 0 Å². The van der Waals surface area contributed by atoms with E-state index in [4.69, 9.17) is 10.5 Å². The standard InChI is InChI=1S/C12H15N3O/c1-16-10-4-2-3-9(7-10)11-8-14-15-12(11)5-6-13/h2-4,7-8H,5-6,13H2,1H3,(H,14,15). The second-order valence-corrected chi connectivity index (χ2v) is 3.53. The molecule has 0 aliphatic heterocycles. The highest BCUT2D eigenvalue weighted by Crippen LogP contribution is 2.25. The number of rotatable bonds is 4. The third-order valence-electron chi connectivity index (χ3n) is 2.49. The van der Waals surface area contributed by atoms with Gasteiger partial charge in [0, 0.05) is 17.7 Å². The molecule has 0 unspecified atom stereocenters. The lowest BCUT2D eigenvalue weighted by Gasteiger charge is -2.04. The smallest absolute Gasteiger partial charge is 0.119 e. The maximum atomic E-state index is 5.55. The highest BCUT2D eigenvalue weighted by atomic mass is 16.5. The summed E-state index contributed by atoms with van der Waals surface area (Å²) in [6.45, 7) is 0.610. The molecule has 2 aromatic rings. The van der Waals surface area contributed by atoms with Crippen molar-refractivity contribution in [1.29, 1.82) is 0 Å². The molecular formula is C12H15N3O. The zero-order valence-corrected chi connectivity index (χ0v) is 9.23. The summed E-state index contributed by atoms with van der Waals surface area (Å²) in [5.74, 6) is 0.845.